The zero-order valence-corrected chi connectivity index (χ0v) is 20.7. The van der Waals surface area contributed by atoms with Gasteiger partial charge in [0, 0.05) is 36.6 Å². The van der Waals surface area contributed by atoms with Crippen molar-refractivity contribution in [3.05, 3.63) is 89.5 Å². The highest BCUT2D eigenvalue weighted by atomic mass is 16.5. The van der Waals surface area contributed by atoms with Crippen LogP contribution in [-0.2, 0) is 0 Å². The van der Waals surface area contributed by atoms with Crippen molar-refractivity contribution in [2.45, 2.75) is 50.7 Å². The molecule has 0 saturated carbocycles. The lowest BCUT2D eigenvalue weighted by Crippen LogP contribution is -2.53. The molecule has 0 N–H and O–H groups in total. The Labute approximate surface area is 203 Å². The summed E-state index contributed by atoms with van der Waals surface area (Å²) in [6, 6.07) is 25.7. The van der Waals surface area contributed by atoms with E-state index in [1.165, 1.54) is 23.1 Å². The van der Waals surface area contributed by atoms with Crippen LogP contribution >= 0.6 is 0 Å². The molecule has 3 aromatic rings. The fraction of sp³-hybridized carbons (Fsp3) is 0.400. The van der Waals surface area contributed by atoms with Crippen LogP contribution in [0, 0.1) is 0 Å². The molecule has 1 saturated heterocycles. The normalized spacial score (nSPS) is 21.8. The fourth-order valence-corrected chi connectivity index (χ4v) is 5.58. The molecule has 3 aromatic carbocycles. The second-order valence-corrected chi connectivity index (χ2v) is 10.0. The first-order chi connectivity index (χ1) is 16.5. The third-order valence-corrected chi connectivity index (χ3v) is 7.18. The van der Waals surface area contributed by atoms with E-state index in [2.05, 4.69) is 86.3 Å². The maximum atomic E-state index is 6.60. The summed E-state index contributed by atoms with van der Waals surface area (Å²) >= 11 is 0. The average molecular weight is 458 g/mol. The highest BCUT2D eigenvalue weighted by molar-refractivity contribution is 5.52. The summed E-state index contributed by atoms with van der Waals surface area (Å²) in [5.41, 5.74) is 3.35. The first-order valence-corrected chi connectivity index (χ1v) is 12.4. The minimum absolute atomic E-state index is 0.157. The maximum absolute atomic E-state index is 6.60. The van der Waals surface area contributed by atoms with E-state index in [0.29, 0.717) is 6.10 Å². The van der Waals surface area contributed by atoms with E-state index in [1.54, 1.807) is 7.11 Å². The number of rotatable bonds is 7. The molecule has 0 amide bonds. The van der Waals surface area contributed by atoms with Gasteiger partial charge < -0.3 is 14.2 Å². The molecule has 0 bridgehead atoms. The Morgan fingerprint density at radius 2 is 1.62 bits per heavy atom. The number of hydrogen-bond donors (Lipinski definition) is 0. The standard InChI is InChI=1S/C30H35NO3/c1-5-17-31-19-25(20-31)33-23-13-11-21(12-14-23)28-26-16-15-24(32-4)18-27(26)34-30(2,3)29(28)22-9-7-6-8-10-22/h6-16,18,25,28-29H,5,17,19-20H2,1-4H3/t28-,29+/m0/s1. The fourth-order valence-electron chi connectivity index (χ4n) is 5.58. The van der Waals surface area contributed by atoms with Gasteiger partial charge in [-0.2, -0.15) is 0 Å². The Hall–Kier alpha value is -2.98. The van der Waals surface area contributed by atoms with Gasteiger partial charge in [-0.25, -0.2) is 0 Å². The van der Waals surface area contributed by atoms with Crippen molar-refractivity contribution in [1.82, 2.24) is 4.90 Å². The SMILES string of the molecule is CCCN1CC(Oc2ccc([C@H]3c4ccc(OC)cc4OC(C)(C)[C@@H]3c3ccccc3)cc2)C1. The quantitative estimate of drug-likeness (QED) is 0.419. The molecule has 4 heteroatoms. The third-order valence-electron chi connectivity index (χ3n) is 7.18. The molecule has 178 valence electrons. The largest absolute Gasteiger partial charge is 0.497 e. The van der Waals surface area contributed by atoms with Gasteiger partial charge in [0.25, 0.3) is 0 Å². The maximum Gasteiger partial charge on any atom is 0.127 e. The second-order valence-electron chi connectivity index (χ2n) is 10.0. The Balaban J connectivity index is 1.48. The zero-order chi connectivity index (χ0) is 23.7. The van der Waals surface area contributed by atoms with Crippen LogP contribution in [0.2, 0.25) is 0 Å². The van der Waals surface area contributed by atoms with Gasteiger partial charge in [-0.05, 0) is 56.1 Å². The van der Waals surface area contributed by atoms with Gasteiger partial charge in [0.2, 0.25) is 0 Å². The van der Waals surface area contributed by atoms with Crippen LogP contribution < -0.4 is 14.2 Å². The molecule has 0 radical (unpaired) electrons. The van der Waals surface area contributed by atoms with Crippen molar-refractivity contribution in [2.24, 2.45) is 0 Å². The van der Waals surface area contributed by atoms with E-state index in [9.17, 15) is 0 Å². The first-order valence-electron chi connectivity index (χ1n) is 12.4. The number of likely N-dealkylation sites (tertiary alicyclic amines) is 1. The number of ether oxygens (including phenoxy) is 3. The molecule has 0 aliphatic carbocycles. The van der Waals surface area contributed by atoms with Gasteiger partial charge in [0.05, 0.1) is 7.11 Å². The Bertz CT molecular complexity index is 1100. The summed E-state index contributed by atoms with van der Waals surface area (Å²) in [5, 5.41) is 0. The predicted molar refractivity (Wildman–Crippen MR) is 136 cm³/mol. The molecule has 2 aliphatic heterocycles. The molecule has 2 atom stereocenters. The number of hydrogen-bond acceptors (Lipinski definition) is 4. The van der Waals surface area contributed by atoms with Crippen LogP contribution in [0.1, 0.15) is 55.7 Å². The van der Waals surface area contributed by atoms with E-state index in [-0.39, 0.29) is 11.8 Å². The molecule has 0 unspecified atom stereocenters. The van der Waals surface area contributed by atoms with Crippen LogP contribution in [0.25, 0.3) is 0 Å². The molecule has 4 nitrogen and oxygen atoms in total. The Kier molecular flexibility index (Phi) is 6.26. The van der Waals surface area contributed by atoms with Crippen molar-refractivity contribution < 1.29 is 14.2 Å². The van der Waals surface area contributed by atoms with Crippen molar-refractivity contribution in [2.75, 3.05) is 26.7 Å². The molecule has 5 rings (SSSR count). The smallest absolute Gasteiger partial charge is 0.127 e. The molecule has 2 heterocycles. The second kappa shape index (κ2) is 9.34. The minimum Gasteiger partial charge on any atom is -0.497 e. The van der Waals surface area contributed by atoms with Crippen LogP contribution in [0.15, 0.2) is 72.8 Å². The molecular weight excluding hydrogens is 422 g/mol. The number of methoxy groups -OCH3 is 1. The number of benzene rings is 3. The summed E-state index contributed by atoms with van der Waals surface area (Å²) in [5.74, 6) is 2.98. The molecule has 34 heavy (non-hydrogen) atoms. The molecule has 1 fully saturated rings. The van der Waals surface area contributed by atoms with E-state index in [4.69, 9.17) is 14.2 Å². The molecule has 2 aliphatic rings. The van der Waals surface area contributed by atoms with Gasteiger partial charge in [-0.1, -0.05) is 55.5 Å². The van der Waals surface area contributed by atoms with Crippen molar-refractivity contribution in [3.8, 4) is 17.2 Å². The van der Waals surface area contributed by atoms with Crippen LogP contribution in [0.3, 0.4) is 0 Å². The first kappa shape index (κ1) is 22.8. The average Bonchev–Trinajstić information content (AvgIpc) is 2.82. The lowest BCUT2D eigenvalue weighted by atomic mass is 9.68. The van der Waals surface area contributed by atoms with Crippen molar-refractivity contribution in [3.63, 3.8) is 0 Å². The van der Waals surface area contributed by atoms with Crippen LogP contribution in [0.4, 0.5) is 0 Å². The van der Waals surface area contributed by atoms with Gasteiger partial charge in [-0.3, -0.25) is 4.90 Å². The molecule has 0 spiro atoms. The van der Waals surface area contributed by atoms with Gasteiger partial charge in [0.1, 0.15) is 29.0 Å². The van der Waals surface area contributed by atoms with Crippen molar-refractivity contribution in [1.29, 1.82) is 0 Å². The van der Waals surface area contributed by atoms with Gasteiger partial charge in [-0.15, -0.1) is 0 Å². The van der Waals surface area contributed by atoms with E-state index < -0.39 is 5.60 Å². The topological polar surface area (TPSA) is 30.9 Å². The van der Waals surface area contributed by atoms with Gasteiger partial charge >= 0.3 is 0 Å². The summed E-state index contributed by atoms with van der Waals surface area (Å²) in [6.45, 7) is 9.81. The highest BCUT2D eigenvalue weighted by Crippen LogP contribution is 2.53. The summed E-state index contributed by atoms with van der Waals surface area (Å²) in [6.07, 6.45) is 1.49. The Morgan fingerprint density at radius 1 is 0.912 bits per heavy atom. The van der Waals surface area contributed by atoms with Gasteiger partial charge in [0.15, 0.2) is 0 Å². The lowest BCUT2D eigenvalue weighted by molar-refractivity contribution is 0.0202. The summed E-state index contributed by atoms with van der Waals surface area (Å²) in [7, 11) is 1.70. The highest BCUT2D eigenvalue weighted by Gasteiger charge is 2.45. The Morgan fingerprint density at radius 3 is 2.29 bits per heavy atom. The number of fused-ring (bicyclic) bond motifs is 1. The lowest BCUT2D eigenvalue weighted by Gasteiger charge is -2.45. The van der Waals surface area contributed by atoms with E-state index in [1.807, 2.05) is 12.1 Å². The van der Waals surface area contributed by atoms with Crippen molar-refractivity contribution >= 4 is 0 Å². The molecular formula is C30H35NO3. The molecule has 0 aromatic heterocycles. The summed E-state index contributed by atoms with van der Waals surface area (Å²) in [4.78, 5) is 2.44. The summed E-state index contributed by atoms with van der Waals surface area (Å²) < 4.78 is 18.3. The predicted octanol–water partition coefficient (Wildman–Crippen LogP) is 6.25. The minimum atomic E-state index is -0.394. The van der Waals surface area contributed by atoms with E-state index in [0.717, 1.165) is 36.9 Å². The van der Waals surface area contributed by atoms with Crippen LogP contribution in [-0.4, -0.2) is 43.3 Å². The zero-order valence-electron chi connectivity index (χ0n) is 20.7. The number of nitrogens with zero attached hydrogens (tertiary/aromatic N) is 1. The van der Waals surface area contributed by atoms with E-state index >= 15 is 0 Å². The monoisotopic (exact) mass is 457 g/mol. The van der Waals surface area contributed by atoms with Crippen LogP contribution in [0.5, 0.6) is 17.2 Å². The third kappa shape index (κ3) is 4.39.